The van der Waals surface area contributed by atoms with Crippen LogP contribution in [0.5, 0.6) is 0 Å². The number of rotatable bonds is 7. The normalized spacial score (nSPS) is 13.5. The molecule has 0 amide bonds. The Kier molecular flexibility index (Phi) is 6.23. The topological polar surface area (TPSA) is 50.7 Å². The van der Waals surface area contributed by atoms with Crippen LogP contribution in [0.4, 0.5) is 13.2 Å². The lowest BCUT2D eigenvalue weighted by Gasteiger charge is -2.13. The molecule has 0 bridgehead atoms. The van der Waals surface area contributed by atoms with Crippen LogP contribution >= 0.6 is 0 Å². The number of halogens is 3. The van der Waals surface area contributed by atoms with E-state index in [2.05, 4.69) is 5.48 Å². The van der Waals surface area contributed by atoms with Crippen LogP contribution < -0.4 is 5.48 Å². The third-order valence-corrected chi connectivity index (χ3v) is 2.39. The second kappa shape index (κ2) is 7.44. The molecule has 19 heavy (non-hydrogen) atoms. The maximum atomic E-state index is 12.3. The average molecular weight is 279 g/mol. The van der Waals surface area contributed by atoms with Crippen molar-refractivity contribution in [2.24, 2.45) is 0 Å². The number of aliphatic hydroxyl groups is 1. The zero-order chi connectivity index (χ0) is 14.3. The molecule has 0 saturated heterocycles. The van der Waals surface area contributed by atoms with E-state index < -0.39 is 17.8 Å². The van der Waals surface area contributed by atoms with E-state index in [0.29, 0.717) is 18.8 Å². The van der Waals surface area contributed by atoms with E-state index in [-0.39, 0.29) is 6.54 Å². The van der Waals surface area contributed by atoms with Gasteiger partial charge in [-0.05, 0) is 17.7 Å². The molecule has 108 valence electrons. The molecular weight excluding hydrogens is 263 g/mol. The molecule has 0 spiro atoms. The van der Waals surface area contributed by atoms with Crippen LogP contribution in [0.2, 0.25) is 0 Å². The van der Waals surface area contributed by atoms with E-state index in [9.17, 15) is 18.3 Å². The Morgan fingerprint density at radius 1 is 1.21 bits per heavy atom. The number of hydrogen-bond acceptors (Lipinski definition) is 4. The number of aliphatic hydroxyl groups excluding tert-OH is 1. The summed E-state index contributed by atoms with van der Waals surface area (Å²) < 4.78 is 41.7. The summed E-state index contributed by atoms with van der Waals surface area (Å²) in [6, 6.07) is 4.35. The molecule has 1 aromatic rings. The highest BCUT2D eigenvalue weighted by atomic mass is 19.4. The highest BCUT2D eigenvalue weighted by Crippen LogP contribution is 2.29. The van der Waals surface area contributed by atoms with Gasteiger partial charge in [0.25, 0.3) is 0 Å². The fourth-order valence-corrected chi connectivity index (χ4v) is 1.35. The van der Waals surface area contributed by atoms with E-state index in [1.807, 2.05) is 0 Å². The molecule has 1 rings (SSSR count). The van der Waals surface area contributed by atoms with Gasteiger partial charge in [-0.15, -0.1) is 0 Å². The van der Waals surface area contributed by atoms with E-state index in [4.69, 9.17) is 9.57 Å². The molecule has 0 aliphatic heterocycles. The van der Waals surface area contributed by atoms with Crippen LogP contribution in [0.25, 0.3) is 0 Å². The summed E-state index contributed by atoms with van der Waals surface area (Å²) in [7, 11) is 1.53. The van der Waals surface area contributed by atoms with E-state index in [1.165, 1.54) is 19.2 Å². The molecule has 7 heteroatoms. The van der Waals surface area contributed by atoms with Crippen molar-refractivity contribution in [3.05, 3.63) is 35.4 Å². The molecule has 1 atom stereocenters. The second-order valence-corrected chi connectivity index (χ2v) is 3.83. The summed E-state index contributed by atoms with van der Waals surface area (Å²) in [5.74, 6) is 0. The first kappa shape index (κ1) is 15.9. The fourth-order valence-electron chi connectivity index (χ4n) is 1.35. The summed E-state index contributed by atoms with van der Waals surface area (Å²) in [4.78, 5) is 4.93. The number of methoxy groups -OCH3 is 1. The van der Waals surface area contributed by atoms with Crippen molar-refractivity contribution in [1.82, 2.24) is 5.48 Å². The third-order valence-electron chi connectivity index (χ3n) is 2.39. The van der Waals surface area contributed by atoms with Gasteiger partial charge in [0, 0.05) is 7.11 Å². The van der Waals surface area contributed by atoms with Crippen LogP contribution in [0.3, 0.4) is 0 Å². The lowest BCUT2D eigenvalue weighted by molar-refractivity contribution is -0.137. The fraction of sp³-hybridized carbons (Fsp3) is 0.500. The predicted octanol–water partition coefficient (Wildman–Crippen LogP) is 1.91. The number of hydrogen-bond donors (Lipinski definition) is 2. The summed E-state index contributed by atoms with van der Waals surface area (Å²) in [6.07, 6.45) is -5.31. The Morgan fingerprint density at radius 2 is 1.84 bits per heavy atom. The van der Waals surface area contributed by atoms with Gasteiger partial charge >= 0.3 is 6.18 Å². The molecule has 0 heterocycles. The molecule has 0 aromatic heterocycles. The molecule has 0 saturated carbocycles. The zero-order valence-corrected chi connectivity index (χ0v) is 10.4. The van der Waals surface area contributed by atoms with Gasteiger partial charge in [-0.3, -0.25) is 4.84 Å². The Hall–Kier alpha value is -1.15. The first-order valence-electron chi connectivity index (χ1n) is 5.64. The largest absolute Gasteiger partial charge is 0.416 e. The quantitative estimate of drug-likeness (QED) is 0.591. The van der Waals surface area contributed by atoms with Crippen LogP contribution in [-0.4, -0.2) is 32.0 Å². The number of nitrogens with one attached hydrogen (secondary N) is 1. The summed E-state index contributed by atoms with van der Waals surface area (Å²) in [5, 5.41) is 9.72. The Labute approximate surface area is 109 Å². The average Bonchev–Trinajstić information content (AvgIpc) is 2.37. The van der Waals surface area contributed by atoms with Crippen molar-refractivity contribution in [1.29, 1.82) is 0 Å². The molecule has 0 aliphatic carbocycles. The second-order valence-electron chi connectivity index (χ2n) is 3.83. The van der Waals surface area contributed by atoms with Crippen molar-refractivity contribution >= 4 is 0 Å². The van der Waals surface area contributed by atoms with Gasteiger partial charge < -0.3 is 9.84 Å². The maximum absolute atomic E-state index is 12.3. The lowest BCUT2D eigenvalue weighted by Crippen LogP contribution is -2.23. The van der Waals surface area contributed by atoms with Crippen LogP contribution in [0.1, 0.15) is 17.2 Å². The molecule has 0 fully saturated rings. The Morgan fingerprint density at radius 3 is 2.37 bits per heavy atom. The lowest BCUT2D eigenvalue weighted by atomic mass is 10.1. The van der Waals surface area contributed by atoms with Gasteiger partial charge in [0.2, 0.25) is 0 Å². The minimum atomic E-state index is -4.37. The number of hydroxylamine groups is 1. The van der Waals surface area contributed by atoms with E-state index in [1.54, 1.807) is 0 Å². The van der Waals surface area contributed by atoms with Crippen LogP contribution in [0, 0.1) is 0 Å². The van der Waals surface area contributed by atoms with Crippen LogP contribution in [0.15, 0.2) is 24.3 Å². The standard InChI is InChI=1S/C12H16F3NO3/c1-18-6-7-19-16-8-11(17)9-2-4-10(5-3-9)12(13,14)15/h2-5,11,16-17H,6-8H2,1H3. The molecule has 4 nitrogen and oxygen atoms in total. The molecule has 2 N–H and O–H groups in total. The third kappa shape index (κ3) is 5.56. The van der Waals surface area contributed by atoms with Crippen LogP contribution in [-0.2, 0) is 15.8 Å². The van der Waals surface area contributed by atoms with Crippen molar-refractivity contribution in [2.45, 2.75) is 12.3 Å². The number of ether oxygens (including phenoxy) is 1. The predicted molar refractivity (Wildman–Crippen MR) is 62.2 cm³/mol. The SMILES string of the molecule is COCCONCC(O)c1ccc(C(F)(F)F)cc1. The Balaban J connectivity index is 2.42. The maximum Gasteiger partial charge on any atom is 0.416 e. The molecule has 0 aliphatic rings. The number of alkyl halides is 3. The molecule has 1 unspecified atom stereocenters. The van der Waals surface area contributed by atoms with Crippen molar-refractivity contribution < 1.29 is 27.9 Å². The minimum absolute atomic E-state index is 0.0785. The molecule has 0 radical (unpaired) electrons. The van der Waals surface area contributed by atoms with Gasteiger partial charge in [-0.2, -0.15) is 18.7 Å². The van der Waals surface area contributed by atoms with Gasteiger partial charge in [-0.25, -0.2) is 0 Å². The van der Waals surface area contributed by atoms with E-state index >= 15 is 0 Å². The molecular formula is C12H16F3NO3. The number of benzene rings is 1. The monoisotopic (exact) mass is 279 g/mol. The van der Waals surface area contributed by atoms with Gasteiger partial charge in [0.1, 0.15) is 0 Å². The zero-order valence-electron chi connectivity index (χ0n) is 10.4. The van der Waals surface area contributed by atoms with Gasteiger partial charge in [0.05, 0.1) is 31.4 Å². The summed E-state index contributed by atoms with van der Waals surface area (Å²) in [6.45, 7) is 0.800. The summed E-state index contributed by atoms with van der Waals surface area (Å²) >= 11 is 0. The van der Waals surface area contributed by atoms with Crippen molar-refractivity contribution in [3.8, 4) is 0 Å². The van der Waals surface area contributed by atoms with Gasteiger partial charge in [-0.1, -0.05) is 12.1 Å². The highest BCUT2D eigenvalue weighted by molar-refractivity contribution is 5.26. The van der Waals surface area contributed by atoms with Crippen molar-refractivity contribution in [3.63, 3.8) is 0 Å². The molecule has 1 aromatic carbocycles. The smallest absolute Gasteiger partial charge is 0.387 e. The first-order valence-corrected chi connectivity index (χ1v) is 5.64. The van der Waals surface area contributed by atoms with E-state index in [0.717, 1.165) is 12.1 Å². The van der Waals surface area contributed by atoms with Gasteiger partial charge in [0.15, 0.2) is 0 Å². The summed E-state index contributed by atoms with van der Waals surface area (Å²) in [5.41, 5.74) is 2.15. The highest BCUT2D eigenvalue weighted by Gasteiger charge is 2.30. The first-order chi connectivity index (χ1) is 8.95. The Bertz CT molecular complexity index is 367. The minimum Gasteiger partial charge on any atom is -0.387 e. The van der Waals surface area contributed by atoms with Crippen molar-refractivity contribution in [2.75, 3.05) is 26.9 Å².